The van der Waals surface area contributed by atoms with E-state index in [1.54, 1.807) is 0 Å². The first-order valence-electron chi connectivity index (χ1n) is 9.18. The molecule has 5 heteroatoms. The van der Waals surface area contributed by atoms with E-state index in [1.807, 2.05) is 0 Å². The molecule has 2 bridgehead atoms. The summed E-state index contributed by atoms with van der Waals surface area (Å²) in [4.78, 5) is 15.1. The molecular weight excluding hydrogens is 278 g/mol. The Morgan fingerprint density at radius 2 is 1.59 bits per heavy atom. The van der Waals surface area contributed by atoms with Crippen LogP contribution < -0.4 is 10.6 Å². The van der Waals surface area contributed by atoms with Gasteiger partial charge in [-0.25, -0.2) is 4.79 Å². The van der Waals surface area contributed by atoms with E-state index >= 15 is 0 Å². The molecule has 4 fully saturated rings. The molecule has 5 nitrogen and oxygen atoms in total. The largest absolute Gasteiger partial charge is 0.381 e. The van der Waals surface area contributed by atoms with E-state index in [1.165, 1.54) is 45.2 Å². The lowest BCUT2D eigenvalue weighted by Crippen LogP contribution is -2.60. The van der Waals surface area contributed by atoms with Crippen molar-refractivity contribution in [2.45, 2.75) is 63.1 Å². The third-order valence-electron chi connectivity index (χ3n) is 6.02. The summed E-state index contributed by atoms with van der Waals surface area (Å²) >= 11 is 0. The van der Waals surface area contributed by atoms with Crippen molar-refractivity contribution in [1.29, 1.82) is 0 Å². The SMILES string of the molecule is O=C(NC1CCOCC1)NC1[C@H]2CCC[C@H]1CN(C1CC1)C2. The van der Waals surface area contributed by atoms with Gasteiger partial charge in [0.1, 0.15) is 0 Å². The van der Waals surface area contributed by atoms with Crippen LogP contribution in [0.4, 0.5) is 4.79 Å². The molecule has 2 N–H and O–H groups in total. The summed E-state index contributed by atoms with van der Waals surface area (Å²) < 4.78 is 5.35. The first-order valence-corrected chi connectivity index (χ1v) is 9.18. The molecule has 2 heterocycles. The van der Waals surface area contributed by atoms with Crippen molar-refractivity contribution in [3.05, 3.63) is 0 Å². The normalized spacial score (nSPS) is 36.8. The standard InChI is InChI=1S/C17H29N3O2/c21-17(18-14-6-8-22-9-7-14)19-16-12-2-1-3-13(16)11-20(10-12)15-4-5-15/h12-16H,1-11H2,(H2,18,19,21)/t12-,13-/m0/s1. The maximum Gasteiger partial charge on any atom is 0.315 e. The number of hydrogen-bond acceptors (Lipinski definition) is 3. The summed E-state index contributed by atoms with van der Waals surface area (Å²) in [6, 6.07) is 1.59. The molecule has 2 saturated carbocycles. The average Bonchev–Trinajstić information content (AvgIpc) is 3.32. The van der Waals surface area contributed by atoms with Gasteiger partial charge in [-0.2, -0.15) is 0 Å². The first kappa shape index (κ1) is 14.8. The van der Waals surface area contributed by atoms with E-state index in [-0.39, 0.29) is 6.03 Å². The zero-order chi connectivity index (χ0) is 14.9. The van der Waals surface area contributed by atoms with Crippen LogP contribution in [0.2, 0.25) is 0 Å². The highest BCUT2D eigenvalue weighted by Crippen LogP contribution is 2.39. The van der Waals surface area contributed by atoms with Crippen LogP contribution in [0, 0.1) is 11.8 Å². The van der Waals surface area contributed by atoms with Gasteiger partial charge in [0.05, 0.1) is 0 Å². The lowest BCUT2D eigenvalue weighted by Gasteiger charge is -2.47. The predicted molar refractivity (Wildman–Crippen MR) is 84.7 cm³/mol. The summed E-state index contributed by atoms with van der Waals surface area (Å²) in [5.41, 5.74) is 0. The Kier molecular flexibility index (Phi) is 4.27. The fraction of sp³-hybridized carbons (Fsp3) is 0.941. The van der Waals surface area contributed by atoms with Gasteiger partial charge >= 0.3 is 6.03 Å². The Morgan fingerprint density at radius 3 is 2.23 bits per heavy atom. The van der Waals surface area contributed by atoms with Crippen LogP contribution in [-0.4, -0.2) is 55.4 Å². The monoisotopic (exact) mass is 307 g/mol. The van der Waals surface area contributed by atoms with Crippen LogP contribution in [0.25, 0.3) is 0 Å². The number of fused-ring (bicyclic) bond motifs is 2. The molecule has 0 spiro atoms. The molecule has 22 heavy (non-hydrogen) atoms. The van der Waals surface area contributed by atoms with Crippen molar-refractivity contribution in [3.8, 4) is 0 Å². The van der Waals surface area contributed by atoms with E-state index in [2.05, 4.69) is 15.5 Å². The van der Waals surface area contributed by atoms with Crippen molar-refractivity contribution >= 4 is 6.03 Å². The number of nitrogens with zero attached hydrogens (tertiary/aromatic N) is 1. The van der Waals surface area contributed by atoms with E-state index in [9.17, 15) is 4.79 Å². The minimum Gasteiger partial charge on any atom is -0.381 e. The van der Waals surface area contributed by atoms with Crippen LogP contribution in [0.15, 0.2) is 0 Å². The van der Waals surface area contributed by atoms with Crippen LogP contribution in [0.5, 0.6) is 0 Å². The van der Waals surface area contributed by atoms with Gasteiger partial charge in [-0.1, -0.05) is 6.42 Å². The molecule has 0 radical (unpaired) electrons. The Hall–Kier alpha value is -0.810. The maximum absolute atomic E-state index is 12.4. The molecule has 0 aromatic rings. The van der Waals surface area contributed by atoms with Gasteiger partial charge in [-0.05, 0) is 50.4 Å². The molecule has 0 aromatic carbocycles. The third kappa shape index (κ3) is 3.25. The highest BCUT2D eigenvalue weighted by atomic mass is 16.5. The van der Waals surface area contributed by atoms with Crippen LogP contribution >= 0.6 is 0 Å². The number of nitrogens with one attached hydrogen (secondary N) is 2. The summed E-state index contributed by atoms with van der Waals surface area (Å²) in [6.45, 7) is 3.94. The minimum atomic E-state index is 0.0497. The third-order valence-corrected chi connectivity index (χ3v) is 6.02. The molecule has 2 amide bonds. The second-order valence-electron chi connectivity index (χ2n) is 7.67. The van der Waals surface area contributed by atoms with Gasteiger partial charge < -0.3 is 15.4 Å². The van der Waals surface area contributed by atoms with E-state index in [0.717, 1.165) is 32.1 Å². The fourth-order valence-electron chi connectivity index (χ4n) is 4.67. The number of rotatable bonds is 3. The van der Waals surface area contributed by atoms with Crippen molar-refractivity contribution in [1.82, 2.24) is 15.5 Å². The van der Waals surface area contributed by atoms with Crippen molar-refractivity contribution < 1.29 is 9.53 Å². The van der Waals surface area contributed by atoms with Gasteiger partial charge in [0.2, 0.25) is 0 Å². The van der Waals surface area contributed by atoms with E-state index < -0.39 is 0 Å². The molecule has 2 aliphatic heterocycles. The van der Waals surface area contributed by atoms with Crippen molar-refractivity contribution in [3.63, 3.8) is 0 Å². The molecule has 0 aromatic heterocycles. The second-order valence-corrected chi connectivity index (χ2v) is 7.67. The lowest BCUT2D eigenvalue weighted by atomic mass is 9.73. The lowest BCUT2D eigenvalue weighted by molar-refractivity contribution is 0.0451. The maximum atomic E-state index is 12.4. The van der Waals surface area contributed by atoms with Crippen molar-refractivity contribution in [2.24, 2.45) is 11.8 Å². The topological polar surface area (TPSA) is 53.6 Å². The predicted octanol–water partition coefficient (Wildman–Crippen LogP) is 1.73. The zero-order valence-electron chi connectivity index (χ0n) is 13.4. The number of likely N-dealkylation sites (tertiary alicyclic amines) is 1. The number of urea groups is 1. The van der Waals surface area contributed by atoms with Gasteiger partial charge in [0.15, 0.2) is 0 Å². The molecule has 2 aliphatic carbocycles. The van der Waals surface area contributed by atoms with Gasteiger partial charge in [-0.3, -0.25) is 4.90 Å². The van der Waals surface area contributed by atoms with E-state index in [4.69, 9.17) is 4.74 Å². The summed E-state index contributed by atoms with van der Waals surface area (Å²) in [6.07, 6.45) is 8.57. The summed E-state index contributed by atoms with van der Waals surface area (Å²) in [5, 5.41) is 6.49. The Bertz CT molecular complexity index is 393. The quantitative estimate of drug-likeness (QED) is 0.835. The number of amides is 2. The number of carbonyl (C=O) groups excluding carboxylic acids is 1. The Morgan fingerprint density at radius 1 is 0.909 bits per heavy atom. The number of hydrogen-bond donors (Lipinski definition) is 2. The van der Waals surface area contributed by atoms with Gasteiger partial charge in [-0.15, -0.1) is 0 Å². The fourth-order valence-corrected chi connectivity index (χ4v) is 4.67. The number of ether oxygens (including phenoxy) is 1. The first-order chi connectivity index (χ1) is 10.8. The molecule has 4 rings (SSSR count). The van der Waals surface area contributed by atoms with Gasteiger partial charge in [0.25, 0.3) is 0 Å². The average molecular weight is 307 g/mol. The smallest absolute Gasteiger partial charge is 0.315 e. The Balaban J connectivity index is 1.32. The molecule has 124 valence electrons. The highest BCUT2D eigenvalue weighted by Gasteiger charge is 2.44. The second kappa shape index (κ2) is 6.36. The van der Waals surface area contributed by atoms with Crippen LogP contribution in [-0.2, 0) is 4.74 Å². The number of piperidine rings is 1. The van der Waals surface area contributed by atoms with E-state index in [0.29, 0.717) is 23.9 Å². The number of carbonyl (C=O) groups is 1. The zero-order valence-corrected chi connectivity index (χ0v) is 13.4. The minimum absolute atomic E-state index is 0.0497. The molecular formula is C17H29N3O2. The highest BCUT2D eigenvalue weighted by molar-refractivity contribution is 5.74. The molecule has 2 saturated heterocycles. The van der Waals surface area contributed by atoms with Crippen LogP contribution in [0.3, 0.4) is 0 Å². The van der Waals surface area contributed by atoms with Crippen LogP contribution in [0.1, 0.15) is 44.9 Å². The summed E-state index contributed by atoms with van der Waals surface area (Å²) in [5.74, 6) is 1.32. The van der Waals surface area contributed by atoms with Crippen molar-refractivity contribution in [2.75, 3.05) is 26.3 Å². The molecule has 4 aliphatic rings. The van der Waals surface area contributed by atoms with Gasteiger partial charge in [0, 0.05) is 44.4 Å². The Labute approximate surface area is 133 Å². The summed E-state index contributed by atoms with van der Waals surface area (Å²) in [7, 11) is 0. The molecule has 2 atom stereocenters. The molecule has 0 unspecified atom stereocenters.